The summed E-state index contributed by atoms with van der Waals surface area (Å²) in [5.41, 5.74) is 2.26. The molecule has 2 rings (SSSR count). The second-order valence-electron chi connectivity index (χ2n) is 5.38. The van der Waals surface area contributed by atoms with Crippen LogP contribution in [-0.2, 0) is 6.54 Å². The van der Waals surface area contributed by atoms with Crippen LogP contribution in [0.5, 0.6) is 5.75 Å². The highest BCUT2D eigenvalue weighted by atomic mass is 32.1. The van der Waals surface area contributed by atoms with Crippen molar-refractivity contribution in [3.05, 3.63) is 51.2 Å². The molecular weight excluding hydrogens is 282 g/mol. The maximum atomic E-state index is 9.97. The fraction of sp³-hybridized carbons (Fsp3) is 0.412. The molecule has 0 fully saturated rings. The first-order chi connectivity index (χ1) is 10.0. The van der Waals surface area contributed by atoms with Gasteiger partial charge in [-0.1, -0.05) is 12.1 Å². The fourth-order valence-electron chi connectivity index (χ4n) is 2.05. The van der Waals surface area contributed by atoms with Gasteiger partial charge >= 0.3 is 0 Å². The molecule has 1 unspecified atom stereocenters. The zero-order chi connectivity index (χ0) is 15.2. The summed E-state index contributed by atoms with van der Waals surface area (Å²) in [6.07, 6.45) is -0.508. The van der Waals surface area contributed by atoms with Crippen molar-refractivity contribution in [1.82, 2.24) is 5.32 Å². The van der Waals surface area contributed by atoms with E-state index in [9.17, 15) is 5.11 Å². The summed E-state index contributed by atoms with van der Waals surface area (Å²) in [4.78, 5) is 2.60. The van der Waals surface area contributed by atoms with E-state index in [-0.39, 0.29) is 0 Å². The molecule has 0 radical (unpaired) electrons. The van der Waals surface area contributed by atoms with E-state index in [4.69, 9.17) is 4.74 Å². The standard InChI is InChI=1S/C17H23NO2S/c1-12-4-5-13(2)17(8-12)20-11-15(19)9-18-10-16-7-6-14(3)21-16/h4-8,15,18-19H,9-11H2,1-3H3. The Bertz CT molecular complexity index is 580. The van der Waals surface area contributed by atoms with E-state index in [1.807, 2.05) is 26.0 Å². The van der Waals surface area contributed by atoms with Crippen LogP contribution in [-0.4, -0.2) is 24.4 Å². The molecule has 1 aromatic heterocycles. The molecule has 0 aliphatic carbocycles. The molecule has 1 aromatic carbocycles. The van der Waals surface area contributed by atoms with Gasteiger partial charge in [0, 0.05) is 22.8 Å². The second-order valence-corrected chi connectivity index (χ2v) is 6.75. The molecule has 0 amide bonds. The van der Waals surface area contributed by atoms with Gasteiger partial charge in [0.05, 0.1) is 0 Å². The largest absolute Gasteiger partial charge is 0.491 e. The van der Waals surface area contributed by atoms with E-state index < -0.39 is 6.10 Å². The van der Waals surface area contributed by atoms with Crippen LogP contribution in [0.3, 0.4) is 0 Å². The number of aryl methyl sites for hydroxylation is 3. The molecule has 0 spiro atoms. The highest BCUT2D eigenvalue weighted by molar-refractivity contribution is 7.11. The molecule has 0 saturated heterocycles. The Balaban J connectivity index is 1.72. The number of rotatable bonds is 7. The Morgan fingerprint density at radius 1 is 1.19 bits per heavy atom. The molecule has 2 aromatic rings. The van der Waals surface area contributed by atoms with Crippen molar-refractivity contribution in [1.29, 1.82) is 0 Å². The summed E-state index contributed by atoms with van der Waals surface area (Å²) in [5, 5.41) is 13.2. The lowest BCUT2D eigenvalue weighted by Crippen LogP contribution is -2.31. The first-order valence-electron chi connectivity index (χ1n) is 7.19. The highest BCUT2D eigenvalue weighted by Gasteiger charge is 2.07. The zero-order valence-corrected chi connectivity index (χ0v) is 13.7. The number of aliphatic hydroxyl groups excluding tert-OH is 1. The minimum Gasteiger partial charge on any atom is -0.491 e. The number of hydrogen-bond acceptors (Lipinski definition) is 4. The number of ether oxygens (including phenoxy) is 1. The Morgan fingerprint density at radius 3 is 2.71 bits per heavy atom. The number of benzene rings is 1. The summed E-state index contributed by atoms with van der Waals surface area (Å²) in [6, 6.07) is 10.3. The lowest BCUT2D eigenvalue weighted by Gasteiger charge is -2.14. The predicted molar refractivity (Wildman–Crippen MR) is 88.2 cm³/mol. The normalized spacial score (nSPS) is 12.4. The van der Waals surface area contributed by atoms with Gasteiger partial charge in [0.2, 0.25) is 0 Å². The SMILES string of the molecule is Cc1ccc(C)c(OCC(O)CNCc2ccc(C)s2)c1. The zero-order valence-electron chi connectivity index (χ0n) is 12.8. The molecule has 21 heavy (non-hydrogen) atoms. The lowest BCUT2D eigenvalue weighted by atomic mass is 10.1. The quantitative estimate of drug-likeness (QED) is 0.825. The first-order valence-corrected chi connectivity index (χ1v) is 8.00. The average Bonchev–Trinajstić information content (AvgIpc) is 2.85. The van der Waals surface area contributed by atoms with Crippen LogP contribution < -0.4 is 10.1 Å². The molecule has 0 aliphatic heterocycles. The third-order valence-corrected chi connectivity index (χ3v) is 4.25. The van der Waals surface area contributed by atoms with Gasteiger partial charge in [-0.2, -0.15) is 0 Å². The molecule has 4 heteroatoms. The maximum absolute atomic E-state index is 9.97. The van der Waals surface area contributed by atoms with Crippen molar-refractivity contribution in [2.75, 3.05) is 13.2 Å². The van der Waals surface area contributed by atoms with Crippen LogP contribution in [0.1, 0.15) is 20.9 Å². The van der Waals surface area contributed by atoms with Gasteiger partial charge in [0.1, 0.15) is 18.5 Å². The maximum Gasteiger partial charge on any atom is 0.122 e. The van der Waals surface area contributed by atoms with Crippen molar-refractivity contribution in [2.45, 2.75) is 33.4 Å². The van der Waals surface area contributed by atoms with Crippen LogP contribution in [0.15, 0.2) is 30.3 Å². The molecule has 3 nitrogen and oxygen atoms in total. The minimum absolute atomic E-state index is 0.306. The van der Waals surface area contributed by atoms with Crippen LogP contribution in [0.2, 0.25) is 0 Å². The van der Waals surface area contributed by atoms with Gasteiger partial charge in [-0.05, 0) is 50.1 Å². The lowest BCUT2D eigenvalue weighted by molar-refractivity contribution is 0.106. The minimum atomic E-state index is -0.508. The topological polar surface area (TPSA) is 41.5 Å². The van der Waals surface area contributed by atoms with Gasteiger partial charge in [-0.3, -0.25) is 0 Å². The number of hydrogen-bond donors (Lipinski definition) is 2. The number of thiophene rings is 1. The van der Waals surface area contributed by atoms with E-state index in [1.165, 1.54) is 9.75 Å². The van der Waals surface area contributed by atoms with Gasteiger partial charge in [-0.25, -0.2) is 0 Å². The monoisotopic (exact) mass is 305 g/mol. The molecule has 1 heterocycles. The van der Waals surface area contributed by atoms with Gasteiger partial charge in [0.25, 0.3) is 0 Å². The van der Waals surface area contributed by atoms with Gasteiger partial charge in [0.15, 0.2) is 0 Å². The van der Waals surface area contributed by atoms with Crippen molar-refractivity contribution in [3.63, 3.8) is 0 Å². The van der Waals surface area contributed by atoms with E-state index in [2.05, 4.69) is 30.4 Å². The van der Waals surface area contributed by atoms with Crippen LogP contribution in [0.4, 0.5) is 0 Å². The van der Waals surface area contributed by atoms with Crippen molar-refractivity contribution in [2.24, 2.45) is 0 Å². The van der Waals surface area contributed by atoms with E-state index in [1.54, 1.807) is 11.3 Å². The van der Waals surface area contributed by atoms with Crippen molar-refractivity contribution in [3.8, 4) is 5.75 Å². The molecule has 114 valence electrons. The van der Waals surface area contributed by atoms with Gasteiger partial charge < -0.3 is 15.2 Å². The van der Waals surface area contributed by atoms with Crippen molar-refractivity contribution >= 4 is 11.3 Å². The summed E-state index contributed by atoms with van der Waals surface area (Å²) in [7, 11) is 0. The summed E-state index contributed by atoms with van der Waals surface area (Å²) < 4.78 is 5.70. The Labute approximate surface area is 130 Å². The van der Waals surface area contributed by atoms with Crippen LogP contribution in [0, 0.1) is 20.8 Å². The summed E-state index contributed by atoms with van der Waals surface area (Å²) >= 11 is 1.78. The van der Waals surface area contributed by atoms with E-state index in [0.29, 0.717) is 13.2 Å². The third-order valence-electron chi connectivity index (χ3n) is 3.25. The molecule has 0 bridgehead atoms. The summed E-state index contributed by atoms with van der Waals surface area (Å²) in [6.45, 7) is 7.77. The van der Waals surface area contributed by atoms with E-state index in [0.717, 1.165) is 23.4 Å². The second kappa shape index (κ2) is 7.59. The summed E-state index contributed by atoms with van der Waals surface area (Å²) in [5.74, 6) is 0.850. The first kappa shape index (κ1) is 16.0. The van der Waals surface area contributed by atoms with Gasteiger partial charge in [-0.15, -0.1) is 11.3 Å². The van der Waals surface area contributed by atoms with Crippen LogP contribution >= 0.6 is 11.3 Å². The van der Waals surface area contributed by atoms with Crippen molar-refractivity contribution < 1.29 is 9.84 Å². The molecule has 0 aliphatic rings. The Hall–Kier alpha value is -1.36. The molecular formula is C17H23NO2S. The van der Waals surface area contributed by atoms with Crippen LogP contribution in [0.25, 0.3) is 0 Å². The molecule has 2 N–H and O–H groups in total. The smallest absolute Gasteiger partial charge is 0.122 e. The molecule has 0 saturated carbocycles. The Kier molecular flexibility index (Phi) is 5.79. The number of nitrogens with one attached hydrogen (secondary N) is 1. The average molecular weight is 305 g/mol. The molecule has 1 atom stereocenters. The third kappa shape index (κ3) is 5.16. The number of aliphatic hydroxyl groups is 1. The Morgan fingerprint density at radius 2 is 2.00 bits per heavy atom. The fourth-order valence-corrected chi connectivity index (χ4v) is 2.91. The van der Waals surface area contributed by atoms with E-state index >= 15 is 0 Å². The predicted octanol–water partition coefficient (Wildman–Crippen LogP) is 3.20. The highest BCUT2D eigenvalue weighted by Crippen LogP contribution is 2.19.